The van der Waals surface area contributed by atoms with E-state index in [-0.39, 0.29) is 11.4 Å². The number of hydrogen-bond donors (Lipinski definition) is 0. The van der Waals surface area contributed by atoms with Crippen LogP contribution in [0.3, 0.4) is 0 Å². The normalized spacial score (nSPS) is 10.5. The van der Waals surface area contributed by atoms with E-state index in [1.165, 1.54) is 0 Å². The van der Waals surface area contributed by atoms with E-state index in [2.05, 4.69) is 0 Å². The zero-order valence-corrected chi connectivity index (χ0v) is 12.6. The van der Waals surface area contributed by atoms with Gasteiger partial charge in [0.05, 0.1) is 15.1 Å². The number of rotatable bonds is 3. The van der Waals surface area contributed by atoms with Gasteiger partial charge in [0, 0.05) is 22.6 Å². The summed E-state index contributed by atoms with van der Waals surface area (Å²) in [6.07, 6.45) is 1.08. The minimum absolute atomic E-state index is 0.256. The molecule has 0 saturated heterocycles. The fourth-order valence-corrected chi connectivity index (χ4v) is 2.78. The van der Waals surface area contributed by atoms with Crippen LogP contribution in [-0.2, 0) is 11.2 Å². The minimum Gasteiger partial charge on any atom is -0.303 e. The Hall–Kier alpha value is -0.730. The van der Waals surface area contributed by atoms with Crippen LogP contribution in [0.25, 0.3) is 11.1 Å². The lowest BCUT2D eigenvalue weighted by Gasteiger charge is -2.13. The van der Waals surface area contributed by atoms with Crippen LogP contribution < -0.4 is 0 Å². The molecule has 0 atom stereocenters. The van der Waals surface area contributed by atoms with Gasteiger partial charge >= 0.3 is 0 Å². The Morgan fingerprint density at radius 3 is 2.32 bits per heavy atom. The van der Waals surface area contributed by atoms with Gasteiger partial charge in [0.25, 0.3) is 0 Å². The Kier molecular flexibility index (Phi) is 4.75. The maximum Gasteiger partial charge on any atom is 0.124 e. The summed E-state index contributed by atoms with van der Waals surface area (Å²) < 4.78 is 0. The summed E-state index contributed by atoms with van der Waals surface area (Å²) in [6, 6.07) is 8.75. The van der Waals surface area contributed by atoms with Gasteiger partial charge in [-0.3, -0.25) is 0 Å². The zero-order valence-electron chi connectivity index (χ0n) is 9.59. The molecular formula is C14H8Cl4O. The van der Waals surface area contributed by atoms with Crippen LogP contribution in [0.15, 0.2) is 30.3 Å². The van der Waals surface area contributed by atoms with E-state index in [0.29, 0.717) is 26.2 Å². The fraction of sp³-hybridized carbons (Fsp3) is 0.0714. The van der Waals surface area contributed by atoms with Crippen molar-refractivity contribution in [1.29, 1.82) is 0 Å². The molecule has 0 aliphatic rings. The molecule has 5 heteroatoms. The summed E-state index contributed by atoms with van der Waals surface area (Å²) in [5, 5.41) is 1.49. The lowest BCUT2D eigenvalue weighted by molar-refractivity contribution is -0.107. The molecule has 0 heterocycles. The average Bonchev–Trinajstić information content (AvgIpc) is 2.38. The lowest BCUT2D eigenvalue weighted by atomic mass is 9.98. The van der Waals surface area contributed by atoms with E-state index in [1.54, 1.807) is 24.3 Å². The second-order valence-electron chi connectivity index (χ2n) is 3.87. The Labute approximate surface area is 131 Å². The highest BCUT2D eigenvalue weighted by atomic mass is 35.5. The first-order chi connectivity index (χ1) is 9.06. The fourth-order valence-electron chi connectivity index (χ4n) is 1.85. The van der Waals surface area contributed by atoms with Crippen LogP contribution in [0.4, 0.5) is 0 Å². The molecule has 98 valence electrons. The van der Waals surface area contributed by atoms with E-state index in [0.717, 1.165) is 11.8 Å². The number of carbonyl (C=O) groups is 1. The molecule has 0 aliphatic carbocycles. The first-order valence-electron chi connectivity index (χ1n) is 5.41. The topological polar surface area (TPSA) is 17.1 Å². The van der Waals surface area contributed by atoms with Crippen LogP contribution in [0.1, 0.15) is 5.56 Å². The number of aldehydes is 1. The van der Waals surface area contributed by atoms with Gasteiger partial charge in [-0.25, -0.2) is 0 Å². The average molecular weight is 334 g/mol. The molecule has 1 nitrogen and oxygen atoms in total. The number of benzene rings is 2. The van der Waals surface area contributed by atoms with Gasteiger partial charge in [-0.1, -0.05) is 64.6 Å². The molecular weight excluding hydrogens is 326 g/mol. The molecule has 0 aliphatic heterocycles. The van der Waals surface area contributed by atoms with Crippen molar-refractivity contribution in [2.45, 2.75) is 6.42 Å². The third-order valence-corrected chi connectivity index (χ3v) is 4.32. The van der Waals surface area contributed by atoms with Crippen molar-refractivity contribution in [2.24, 2.45) is 0 Å². The van der Waals surface area contributed by atoms with Gasteiger partial charge in [0.2, 0.25) is 0 Å². The largest absolute Gasteiger partial charge is 0.303 e. The molecule has 19 heavy (non-hydrogen) atoms. The summed E-state index contributed by atoms with van der Waals surface area (Å²) in [5.41, 5.74) is 2.17. The van der Waals surface area contributed by atoms with Crippen LogP contribution >= 0.6 is 46.4 Å². The van der Waals surface area contributed by atoms with Crippen LogP contribution in [0.2, 0.25) is 20.1 Å². The van der Waals surface area contributed by atoms with Gasteiger partial charge < -0.3 is 4.79 Å². The highest BCUT2D eigenvalue weighted by Gasteiger charge is 2.15. The summed E-state index contributed by atoms with van der Waals surface area (Å²) in [4.78, 5) is 10.8. The van der Waals surface area contributed by atoms with Crippen molar-refractivity contribution in [2.75, 3.05) is 0 Å². The first-order valence-corrected chi connectivity index (χ1v) is 6.92. The monoisotopic (exact) mass is 332 g/mol. The number of halogens is 4. The number of carbonyl (C=O) groups excluding carboxylic acids is 1. The molecule has 0 amide bonds. The predicted octanol–water partition coefficient (Wildman–Crippen LogP) is 5.71. The quantitative estimate of drug-likeness (QED) is 0.519. The Morgan fingerprint density at radius 2 is 1.63 bits per heavy atom. The maximum atomic E-state index is 10.8. The molecule has 0 radical (unpaired) electrons. The van der Waals surface area contributed by atoms with Gasteiger partial charge in [-0.2, -0.15) is 0 Å². The van der Waals surface area contributed by atoms with E-state index >= 15 is 0 Å². The molecule has 2 rings (SSSR count). The molecule has 0 unspecified atom stereocenters. The van der Waals surface area contributed by atoms with Crippen LogP contribution in [0.5, 0.6) is 0 Å². The number of hydrogen-bond acceptors (Lipinski definition) is 1. The van der Waals surface area contributed by atoms with E-state index in [4.69, 9.17) is 46.4 Å². The molecule has 0 fully saturated rings. The molecule has 2 aromatic carbocycles. The van der Waals surface area contributed by atoms with Crippen molar-refractivity contribution in [3.63, 3.8) is 0 Å². The standard InChI is InChI=1S/C14H8Cl4O/c15-10-3-1-2-8(6-7-19)12(10)9-4-5-11(16)14(18)13(9)17/h1-5,7H,6H2. The minimum atomic E-state index is 0.256. The molecule has 0 spiro atoms. The summed E-state index contributed by atoms with van der Waals surface area (Å²) >= 11 is 24.4. The zero-order chi connectivity index (χ0) is 14.0. The molecule has 0 aromatic heterocycles. The molecule has 2 aromatic rings. The van der Waals surface area contributed by atoms with Crippen molar-refractivity contribution < 1.29 is 4.79 Å². The van der Waals surface area contributed by atoms with Gasteiger partial charge in [0.15, 0.2) is 0 Å². The Balaban J connectivity index is 2.71. The second-order valence-corrected chi connectivity index (χ2v) is 5.44. The Bertz CT molecular complexity index is 638. The Morgan fingerprint density at radius 1 is 0.895 bits per heavy atom. The molecule has 0 saturated carbocycles. The molecule has 0 bridgehead atoms. The second kappa shape index (κ2) is 6.15. The van der Waals surface area contributed by atoms with Gasteiger partial charge in [-0.05, 0) is 17.7 Å². The van der Waals surface area contributed by atoms with E-state index in [1.807, 2.05) is 6.07 Å². The third-order valence-electron chi connectivity index (χ3n) is 2.71. The van der Waals surface area contributed by atoms with Gasteiger partial charge in [-0.15, -0.1) is 0 Å². The summed E-state index contributed by atoms with van der Waals surface area (Å²) in [5.74, 6) is 0. The van der Waals surface area contributed by atoms with Crippen molar-refractivity contribution in [3.05, 3.63) is 56.0 Å². The van der Waals surface area contributed by atoms with E-state index < -0.39 is 0 Å². The highest BCUT2D eigenvalue weighted by molar-refractivity contribution is 6.49. The maximum absolute atomic E-state index is 10.8. The summed E-state index contributed by atoms with van der Waals surface area (Å²) in [6.45, 7) is 0. The smallest absolute Gasteiger partial charge is 0.124 e. The van der Waals surface area contributed by atoms with Gasteiger partial charge in [0.1, 0.15) is 6.29 Å². The lowest BCUT2D eigenvalue weighted by Crippen LogP contribution is -1.93. The van der Waals surface area contributed by atoms with Crippen LogP contribution in [0, 0.1) is 0 Å². The SMILES string of the molecule is O=CCc1cccc(Cl)c1-c1ccc(Cl)c(Cl)c1Cl. The predicted molar refractivity (Wildman–Crippen MR) is 81.7 cm³/mol. The van der Waals surface area contributed by atoms with E-state index in [9.17, 15) is 4.79 Å². The summed E-state index contributed by atoms with van der Waals surface area (Å²) in [7, 11) is 0. The van der Waals surface area contributed by atoms with Crippen molar-refractivity contribution in [1.82, 2.24) is 0 Å². The molecule has 0 N–H and O–H groups in total. The highest BCUT2D eigenvalue weighted by Crippen LogP contribution is 2.41. The van der Waals surface area contributed by atoms with Crippen LogP contribution in [-0.4, -0.2) is 6.29 Å². The van der Waals surface area contributed by atoms with Crippen molar-refractivity contribution in [3.8, 4) is 11.1 Å². The first kappa shape index (κ1) is 14.7. The third kappa shape index (κ3) is 2.90. The van der Waals surface area contributed by atoms with Crippen molar-refractivity contribution >= 4 is 52.7 Å².